The van der Waals surface area contributed by atoms with Crippen molar-refractivity contribution in [3.05, 3.63) is 64.7 Å². The molecule has 154 valence electrons. The smallest absolute Gasteiger partial charge is 0.308 e. The van der Waals surface area contributed by atoms with Crippen molar-refractivity contribution in [3.8, 4) is 0 Å². The van der Waals surface area contributed by atoms with E-state index in [0.717, 1.165) is 22.7 Å². The molecule has 0 saturated carbocycles. The van der Waals surface area contributed by atoms with Crippen LogP contribution in [0.25, 0.3) is 0 Å². The fraction of sp³-hybridized carbons (Fsp3) is 0.364. The van der Waals surface area contributed by atoms with Gasteiger partial charge in [0.15, 0.2) is 0 Å². The molecule has 0 bridgehead atoms. The van der Waals surface area contributed by atoms with Crippen molar-refractivity contribution in [2.45, 2.75) is 51.0 Å². The van der Waals surface area contributed by atoms with Crippen molar-refractivity contribution in [2.75, 3.05) is 6.61 Å². The molecule has 1 atom stereocenters. The second-order valence-corrected chi connectivity index (χ2v) is 9.01. The Labute approximate surface area is 171 Å². The maximum absolute atomic E-state index is 13.3. The zero-order valence-electron chi connectivity index (χ0n) is 16.8. The minimum Gasteiger partial charge on any atom is -0.466 e. The number of hydrogen-bond donors (Lipinski definition) is 0. The van der Waals surface area contributed by atoms with Gasteiger partial charge in [-0.15, -0.1) is 0 Å². The Morgan fingerprint density at radius 2 is 1.76 bits per heavy atom. The molecule has 1 aliphatic heterocycles. The summed E-state index contributed by atoms with van der Waals surface area (Å²) in [5.74, 6) is -1.17. The van der Waals surface area contributed by atoms with Crippen LogP contribution in [0.3, 0.4) is 0 Å². The average Bonchev–Trinajstić information content (AvgIpc) is 2.89. The minimum absolute atomic E-state index is 0.104. The highest BCUT2D eigenvalue weighted by Gasteiger charge is 2.47. The summed E-state index contributed by atoms with van der Waals surface area (Å²) in [6, 6.07) is 10.9. The molecule has 0 aromatic heterocycles. The van der Waals surface area contributed by atoms with Crippen molar-refractivity contribution in [3.63, 3.8) is 0 Å². The lowest BCUT2D eigenvalue weighted by Crippen LogP contribution is -2.36. The Hall–Kier alpha value is -2.67. The van der Waals surface area contributed by atoms with Crippen LogP contribution in [0.4, 0.5) is 0 Å². The van der Waals surface area contributed by atoms with Gasteiger partial charge in [0.25, 0.3) is 15.9 Å². The highest BCUT2D eigenvalue weighted by molar-refractivity contribution is 7.90. The van der Waals surface area contributed by atoms with Crippen LogP contribution in [-0.2, 0) is 19.6 Å². The zero-order chi connectivity index (χ0) is 21.2. The van der Waals surface area contributed by atoms with Gasteiger partial charge in [-0.1, -0.05) is 49.2 Å². The van der Waals surface area contributed by atoms with Crippen molar-refractivity contribution < 1.29 is 22.7 Å². The van der Waals surface area contributed by atoms with Crippen LogP contribution in [0.1, 0.15) is 59.3 Å². The molecule has 1 amide bonds. The summed E-state index contributed by atoms with van der Waals surface area (Å²) in [7, 11) is -4.08. The fourth-order valence-electron chi connectivity index (χ4n) is 3.50. The summed E-state index contributed by atoms with van der Waals surface area (Å²) in [5.41, 5.74) is 2.22. The number of rotatable bonds is 6. The molecule has 3 rings (SSSR count). The number of carbonyl (C=O) groups is 2. The number of benzene rings is 2. The minimum atomic E-state index is -4.08. The molecule has 7 heteroatoms. The number of esters is 1. The third-order valence-corrected chi connectivity index (χ3v) is 7.03. The Balaban J connectivity index is 2.01. The number of ether oxygens (including phenoxy) is 1. The number of fused-ring (bicyclic) bond motifs is 1. The molecule has 0 aliphatic carbocycles. The number of unbranched alkanes of at least 4 members (excludes halogenated alkanes) is 1. The van der Waals surface area contributed by atoms with E-state index >= 15 is 0 Å². The van der Waals surface area contributed by atoms with Crippen molar-refractivity contribution in [1.82, 2.24) is 4.31 Å². The van der Waals surface area contributed by atoms with Gasteiger partial charge >= 0.3 is 5.97 Å². The van der Waals surface area contributed by atoms with Gasteiger partial charge in [0, 0.05) is 5.56 Å². The zero-order valence-corrected chi connectivity index (χ0v) is 17.7. The first-order valence-corrected chi connectivity index (χ1v) is 11.1. The first kappa shape index (κ1) is 21.0. The van der Waals surface area contributed by atoms with Gasteiger partial charge in [-0.25, -0.2) is 12.7 Å². The lowest BCUT2D eigenvalue weighted by molar-refractivity contribution is -0.144. The standard InChI is InChI=1S/C22H25NO5S/c1-4-5-13-28-20(24)14-19-18-8-6-7-16(3)21(18)29(26,27)23(19)22(25)17-11-9-15(2)10-12-17/h6-12,19H,4-5,13-14H2,1-3H3. The highest BCUT2D eigenvalue weighted by Crippen LogP contribution is 2.43. The largest absolute Gasteiger partial charge is 0.466 e. The Kier molecular flexibility index (Phi) is 6.07. The number of aryl methyl sites for hydroxylation is 2. The van der Waals surface area contributed by atoms with E-state index in [1.54, 1.807) is 49.4 Å². The van der Waals surface area contributed by atoms with E-state index in [1.807, 2.05) is 13.8 Å². The molecule has 0 radical (unpaired) electrons. The predicted octanol–water partition coefficient (Wildman–Crippen LogP) is 3.92. The predicted molar refractivity (Wildman–Crippen MR) is 109 cm³/mol. The summed E-state index contributed by atoms with van der Waals surface area (Å²) in [4.78, 5) is 25.7. The molecule has 2 aromatic carbocycles. The monoisotopic (exact) mass is 415 g/mol. The third kappa shape index (κ3) is 4.05. The highest BCUT2D eigenvalue weighted by atomic mass is 32.2. The summed E-state index contributed by atoms with van der Waals surface area (Å²) in [6.07, 6.45) is 1.40. The Bertz CT molecular complexity index is 1030. The van der Waals surface area contributed by atoms with Crippen LogP contribution in [0.2, 0.25) is 0 Å². The molecular formula is C22H25NO5S. The van der Waals surface area contributed by atoms with E-state index < -0.39 is 27.9 Å². The lowest BCUT2D eigenvalue weighted by Gasteiger charge is -2.23. The summed E-state index contributed by atoms with van der Waals surface area (Å²) < 4.78 is 32.7. The quantitative estimate of drug-likeness (QED) is 0.528. The maximum atomic E-state index is 13.3. The number of sulfonamides is 1. The maximum Gasteiger partial charge on any atom is 0.308 e. The normalized spacial score (nSPS) is 17.1. The third-order valence-electron chi connectivity index (χ3n) is 5.02. The number of nitrogens with zero attached hydrogens (tertiary/aromatic N) is 1. The van der Waals surface area contributed by atoms with Gasteiger partial charge in [0.2, 0.25) is 0 Å². The van der Waals surface area contributed by atoms with Gasteiger partial charge in [-0.3, -0.25) is 9.59 Å². The molecule has 0 saturated heterocycles. The molecule has 0 spiro atoms. The van der Waals surface area contributed by atoms with Gasteiger partial charge < -0.3 is 4.74 Å². The Morgan fingerprint density at radius 3 is 2.41 bits per heavy atom. The van der Waals surface area contributed by atoms with Gasteiger partial charge in [-0.2, -0.15) is 0 Å². The van der Waals surface area contributed by atoms with E-state index in [-0.39, 0.29) is 23.5 Å². The number of carbonyl (C=O) groups excluding carboxylic acids is 2. The van der Waals surface area contributed by atoms with Gasteiger partial charge in [-0.05, 0) is 43.5 Å². The van der Waals surface area contributed by atoms with Crippen LogP contribution in [0.5, 0.6) is 0 Å². The second kappa shape index (κ2) is 8.37. The molecule has 29 heavy (non-hydrogen) atoms. The first-order chi connectivity index (χ1) is 13.8. The summed E-state index contributed by atoms with van der Waals surface area (Å²) in [6.45, 7) is 5.84. The van der Waals surface area contributed by atoms with Crippen LogP contribution in [0.15, 0.2) is 47.4 Å². The SMILES string of the molecule is CCCCOC(=O)CC1c2cccc(C)c2S(=O)(=O)N1C(=O)c1ccc(C)cc1. The number of amides is 1. The van der Waals surface area contributed by atoms with Crippen LogP contribution in [0, 0.1) is 13.8 Å². The van der Waals surface area contributed by atoms with E-state index in [4.69, 9.17) is 4.74 Å². The van der Waals surface area contributed by atoms with E-state index in [1.165, 1.54) is 0 Å². The van der Waals surface area contributed by atoms with E-state index in [9.17, 15) is 18.0 Å². The summed E-state index contributed by atoms with van der Waals surface area (Å²) in [5, 5.41) is 0. The van der Waals surface area contributed by atoms with E-state index in [0.29, 0.717) is 11.1 Å². The topological polar surface area (TPSA) is 80.8 Å². The Morgan fingerprint density at radius 1 is 1.07 bits per heavy atom. The number of hydrogen-bond acceptors (Lipinski definition) is 5. The fourth-order valence-corrected chi connectivity index (χ4v) is 5.52. The molecule has 0 N–H and O–H groups in total. The van der Waals surface area contributed by atoms with Gasteiger partial charge in [0.05, 0.1) is 24.0 Å². The molecule has 1 unspecified atom stereocenters. The van der Waals surface area contributed by atoms with E-state index in [2.05, 4.69) is 0 Å². The summed E-state index contributed by atoms with van der Waals surface area (Å²) >= 11 is 0. The molecule has 1 aliphatic rings. The van der Waals surface area contributed by atoms with Crippen LogP contribution < -0.4 is 0 Å². The first-order valence-electron chi connectivity index (χ1n) is 9.68. The van der Waals surface area contributed by atoms with Gasteiger partial charge in [0.1, 0.15) is 0 Å². The second-order valence-electron chi connectivity index (χ2n) is 7.26. The van der Waals surface area contributed by atoms with Crippen molar-refractivity contribution in [1.29, 1.82) is 0 Å². The van der Waals surface area contributed by atoms with Crippen molar-refractivity contribution in [2.24, 2.45) is 0 Å². The average molecular weight is 416 g/mol. The molecular weight excluding hydrogens is 390 g/mol. The van der Waals surface area contributed by atoms with Crippen LogP contribution >= 0.6 is 0 Å². The molecule has 0 fully saturated rings. The molecule has 6 nitrogen and oxygen atoms in total. The lowest BCUT2D eigenvalue weighted by atomic mass is 10.0. The van der Waals surface area contributed by atoms with Crippen molar-refractivity contribution >= 4 is 21.9 Å². The molecule has 2 aromatic rings. The van der Waals surface area contributed by atoms with Crippen LogP contribution in [-0.4, -0.2) is 31.2 Å². The molecule has 1 heterocycles.